The lowest BCUT2D eigenvalue weighted by molar-refractivity contribution is -0.142. The van der Waals surface area contributed by atoms with Gasteiger partial charge in [-0.1, -0.05) is 43.7 Å². The fourth-order valence-electron chi connectivity index (χ4n) is 7.47. The van der Waals surface area contributed by atoms with E-state index >= 15 is 0 Å². The molecule has 1 aromatic heterocycles. The highest BCUT2D eigenvalue weighted by atomic mass is 35.5. The van der Waals surface area contributed by atoms with E-state index in [1.54, 1.807) is 38.1 Å². The van der Waals surface area contributed by atoms with E-state index in [4.69, 9.17) is 21.1 Å². The summed E-state index contributed by atoms with van der Waals surface area (Å²) in [5, 5.41) is 16.7. The van der Waals surface area contributed by atoms with Gasteiger partial charge >= 0.3 is 6.09 Å². The molecule has 2 saturated carbocycles. The average molecular weight is 774 g/mol. The Kier molecular flexibility index (Phi) is 10.6. The van der Waals surface area contributed by atoms with Gasteiger partial charge in [0.1, 0.15) is 23.7 Å². The lowest BCUT2D eigenvalue weighted by Crippen LogP contribution is -2.59. The van der Waals surface area contributed by atoms with E-state index in [0.717, 1.165) is 6.42 Å². The number of allylic oxidation sites excluding steroid dienone is 1. The van der Waals surface area contributed by atoms with E-state index in [2.05, 4.69) is 20.3 Å². The molecule has 3 fully saturated rings. The van der Waals surface area contributed by atoms with Crippen LogP contribution in [0.5, 0.6) is 11.8 Å². The number of ether oxygens (including phenoxy) is 2. The zero-order valence-electron chi connectivity index (χ0n) is 30.6. The van der Waals surface area contributed by atoms with E-state index in [0.29, 0.717) is 41.5 Å². The van der Waals surface area contributed by atoms with Crippen molar-refractivity contribution in [3.05, 3.63) is 41.4 Å². The number of amides is 4. The number of rotatable bonds is 8. The van der Waals surface area contributed by atoms with Crippen LogP contribution in [0.3, 0.4) is 0 Å². The smallest absolute Gasteiger partial charge is 0.405 e. The Morgan fingerprint density at radius 3 is 2.57 bits per heavy atom. The Labute approximate surface area is 314 Å². The molecule has 14 nitrogen and oxygen atoms in total. The van der Waals surface area contributed by atoms with Crippen molar-refractivity contribution in [1.82, 2.24) is 25.2 Å². The van der Waals surface area contributed by atoms with Crippen molar-refractivity contribution < 1.29 is 42.2 Å². The van der Waals surface area contributed by atoms with Crippen molar-refractivity contribution in [2.75, 3.05) is 6.54 Å². The Balaban J connectivity index is 1.36. The highest BCUT2D eigenvalue weighted by Crippen LogP contribution is 2.47. The number of aromatic nitrogens is 1. The van der Waals surface area contributed by atoms with Crippen molar-refractivity contribution in [2.45, 2.75) is 114 Å². The number of hydrogen-bond donors (Lipinski definition) is 4. The number of carbonyl (C=O) groups excluding carboxylic acids is 3. The van der Waals surface area contributed by atoms with Crippen LogP contribution in [0.2, 0.25) is 5.02 Å². The summed E-state index contributed by atoms with van der Waals surface area (Å²) in [6, 6.07) is 4.58. The average Bonchev–Trinajstić information content (AvgIpc) is 3.95. The van der Waals surface area contributed by atoms with Crippen molar-refractivity contribution in [2.24, 2.45) is 17.8 Å². The molecule has 288 valence electrons. The molecule has 0 unspecified atom stereocenters. The summed E-state index contributed by atoms with van der Waals surface area (Å²) in [4.78, 5) is 60.6. The minimum Gasteiger partial charge on any atom is -0.475 e. The van der Waals surface area contributed by atoms with E-state index < -0.39 is 74.1 Å². The van der Waals surface area contributed by atoms with Gasteiger partial charge in [0.05, 0.1) is 17.4 Å². The number of nitrogens with zero attached hydrogens (tertiary/aromatic N) is 2. The number of nitrogens with one attached hydrogen (secondary N) is 3. The molecule has 2 aromatic rings. The van der Waals surface area contributed by atoms with Crippen LogP contribution in [0, 0.1) is 17.8 Å². The van der Waals surface area contributed by atoms with Gasteiger partial charge < -0.3 is 30.1 Å². The monoisotopic (exact) mass is 773 g/mol. The molecule has 2 aliphatic carbocycles. The van der Waals surface area contributed by atoms with Crippen molar-refractivity contribution in [1.29, 1.82) is 0 Å². The van der Waals surface area contributed by atoms with Crippen LogP contribution < -0.4 is 24.8 Å². The lowest BCUT2D eigenvalue weighted by Gasteiger charge is -2.32. The number of hydrogen-bond acceptors (Lipinski definition) is 9. The number of carbonyl (C=O) groups is 4. The summed E-state index contributed by atoms with van der Waals surface area (Å²) in [5.41, 5.74) is -1.56. The van der Waals surface area contributed by atoms with Crippen molar-refractivity contribution in [3.63, 3.8) is 0 Å². The minimum absolute atomic E-state index is 0.0320. The first-order chi connectivity index (χ1) is 24.9. The number of sulfonamides is 1. The quantitative estimate of drug-likeness (QED) is 0.277. The highest BCUT2D eigenvalue weighted by Gasteiger charge is 2.63. The maximum Gasteiger partial charge on any atom is 0.405 e. The zero-order chi connectivity index (χ0) is 38.5. The first-order valence-electron chi connectivity index (χ1n) is 18.2. The molecule has 6 rings (SSSR count). The highest BCUT2D eigenvalue weighted by molar-refractivity contribution is 7.91. The van der Waals surface area contributed by atoms with Gasteiger partial charge in [0.15, 0.2) is 0 Å². The molecule has 53 heavy (non-hydrogen) atoms. The van der Waals surface area contributed by atoms with Crippen LogP contribution in [0.1, 0.15) is 79.6 Å². The van der Waals surface area contributed by atoms with Gasteiger partial charge in [0.2, 0.25) is 33.6 Å². The fourth-order valence-corrected chi connectivity index (χ4v) is 9.01. The number of halogens is 1. The molecule has 3 heterocycles. The second kappa shape index (κ2) is 14.6. The largest absolute Gasteiger partial charge is 0.475 e. The molecule has 1 aromatic carbocycles. The van der Waals surface area contributed by atoms with Crippen LogP contribution in [0.25, 0.3) is 10.8 Å². The summed E-state index contributed by atoms with van der Waals surface area (Å²) in [7, 11) is -4.01. The summed E-state index contributed by atoms with van der Waals surface area (Å²) in [6.45, 7) is 9.00. The van der Waals surface area contributed by atoms with Gasteiger partial charge in [-0.25, -0.2) is 13.2 Å². The Morgan fingerprint density at radius 2 is 1.89 bits per heavy atom. The zero-order valence-corrected chi connectivity index (χ0v) is 32.1. The maximum atomic E-state index is 14.4. The van der Waals surface area contributed by atoms with Gasteiger partial charge in [-0.3, -0.25) is 19.1 Å². The molecular weight excluding hydrogens is 726 g/mol. The third kappa shape index (κ3) is 8.06. The standard InChI is InChI=1S/C37H48ClN5O9S/c1-20(2)51-29-17-26-25(11-8-12-27(26)38)32(39-29)52-24-16-28-31(44)41-37(34(46)42-53(49,50)36(5)13-14-36)18-23(37)10-7-6-9-21(3)15-22(4)30(40-35(47)48)33(45)43(28)19-24/h7-8,10-12,17,20-24,28,30,40H,6,9,13-16,18-19H2,1-5H3,(H,41,44)(H,42,46)(H,47,48)/t21-,22+,23+,24+,28-,30-,37+/m0/s1. The fraction of sp³-hybridized carbons (Fsp3) is 0.595. The number of benzene rings is 1. The molecule has 0 radical (unpaired) electrons. The number of carboxylic acid groups (broad SMARTS) is 1. The molecule has 7 atom stereocenters. The Morgan fingerprint density at radius 1 is 1.15 bits per heavy atom. The van der Waals surface area contributed by atoms with Gasteiger partial charge in [0, 0.05) is 34.2 Å². The van der Waals surface area contributed by atoms with E-state index in [1.807, 2.05) is 32.9 Å². The molecule has 0 spiro atoms. The predicted molar refractivity (Wildman–Crippen MR) is 197 cm³/mol. The second-order valence-electron chi connectivity index (χ2n) is 15.7. The first kappa shape index (κ1) is 38.6. The molecule has 4 amide bonds. The lowest BCUT2D eigenvalue weighted by atomic mass is 9.88. The molecule has 2 aliphatic heterocycles. The van der Waals surface area contributed by atoms with Crippen molar-refractivity contribution >= 4 is 56.2 Å². The van der Waals surface area contributed by atoms with Gasteiger partial charge in [-0.15, -0.1) is 0 Å². The van der Waals surface area contributed by atoms with E-state index in [1.165, 1.54) is 4.90 Å². The van der Waals surface area contributed by atoms with Gasteiger partial charge in [0.25, 0.3) is 5.91 Å². The summed E-state index contributed by atoms with van der Waals surface area (Å²) in [6.07, 6.45) is 4.25. The van der Waals surface area contributed by atoms with Crippen molar-refractivity contribution in [3.8, 4) is 11.8 Å². The number of pyridine rings is 1. The van der Waals surface area contributed by atoms with Crippen LogP contribution in [0.15, 0.2) is 36.4 Å². The third-order valence-corrected chi connectivity index (χ3v) is 13.4. The predicted octanol–water partition coefficient (Wildman–Crippen LogP) is 4.55. The molecule has 4 N–H and O–H groups in total. The van der Waals surface area contributed by atoms with Crippen LogP contribution >= 0.6 is 11.6 Å². The first-order valence-corrected chi connectivity index (χ1v) is 20.1. The van der Waals surface area contributed by atoms with E-state index in [9.17, 15) is 32.7 Å². The number of fused-ring (bicyclic) bond motifs is 3. The molecular formula is C37H48ClN5O9S. The third-order valence-electron chi connectivity index (χ3n) is 10.9. The van der Waals surface area contributed by atoms with Crippen LogP contribution in [-0.4, -0.2) is 88.3 Å². The molecule has 4 aliphatic rings. The summed E-state index contributed by atoms with van der Waals surface area (Å²) < 4.78 is 39.8. The normalized spacial score (nSPS) is 30.0. The van der Waals surface area contributed by atoms with Crippen LogP contribution in [-0.2, 0) is 24.4 Å². The second-order valence-corrected chi connectivity index (χ2v) is 18.3. The Hall–Kier alpha value is -4.11. The summed E-state index contributed by atoms with van der Waals surface area (Å²) >= 11 is 6.55. The summed E-state index contributed by atoms with van der Waals surface area (Å²) in [5.74, 6) is -2.48. The van der Waals surface area contributed by atoms with Gasteiger partial charge in [-0.2, -0.15) is 4.98 Å². The van der Waals surface area contributed by atoms with Crippen LogP contribution in [0.4, 0.5) is 4.79 Å². The Bertz CT molecular complexity index is 1940. The topological polar surface area (TPSA) is 193 Å². The minimum atomic E-state index is -4.01. The molecule has 0 bridgehead atoms. The maximum absolute atomic E-state index is 14.4. The SMILES string of the molecule is CC(C)Oc1cc2c(Cl)cccc2c(O[C@@H]2C[C@H]3C(=O)N[C@]4(C(=O)NS(=O)(=O)C5(C)CC5)C[C@H]4C=CCC[C@H](C)C[C@@H](C)[C@H](NC(=O)O)C(=O)N3C2)n1. The van der Waals surface area contributed by atoms with Gasteiger partial charge in [-0.05, 0) is 83.3 Å². The van der Waals surface area contributed by atoms with E-state index in [-0.39, 0.29) is 43.2 Å². The molecule has 16 heteroatoms. The molecule has 1 saturated heterocycles.